The van der Waals surface area contributed by atoms with E-state index in [1.54, 1.807) is 13.8 Å². The predicted molar refractivity (Wildman–Crippen MR) is 126 cm³/mol. The highest BCUT2D eigenvalue weighted by Gasteiger charge is 2.33. The van der Waals surface area contributed by atoms with Gasteiger partial charge in [-0.25, -0.2) is 13.8 Å². The Morgan fingerprint density at radius 3 is 2.67 bits per heavy atom. The molecule has 1 aromatic heterocycles. The maximum atomic E-state index is 14.6. The summed E-state index contributed by atoms with van der Waals surface area (Å²) >= 11 is 5.74. The number of benzene rings is 2. The minimum Gasteiger partial charge on any atom is -0.487 e. The quantitative estimate of drug-likeness (QED) is 0.435. The van der Waals surface area contributed by atoms with E-state index >= 15 is 0 Å². The fourth-order valence-electron chi connectivity index (χ4n) is 3.57. The molecule has 0 saturated carbocycles. The number of rotatable bonds is 7. The first-order valence-corrected chi connectivity index (χ1v) is 11.4. The van der Waals surface area contributed by atoms with Crippen LogP contribution >= 0.6 is 11.6 Å². The molecule has 2 aromatic carbocycles. The van der Waals surface area contributed by atoms with Crippen molar-refractivity contribution in [3.8, 4) is 5.75 Å². The van der Waals surface area contributed by atoms with Crippen LogP contribution in [0, 0.1) is 11.6 Å². The van der Waals surface area contributed by atoms with Crippen molar-refractivity contribution < 1.29 is 32.9 Å². The summed E-state index contributed by atoms with van der Waals surface area (Å²) in [5.41, 5.74) is -1.26. The summed E-state index contributed by atoms with van der Waals surface area (Å²) in [6.07, 6.45) is -1.06. The molecule has 3 N–H and O–H groups in total. The fourth-order valence-corrected chi connectivity index (χ4v) is 3.77. The molecule has 0 spiro atoms. The number of fused-ring (bicyclic) bond motifs is 1. The van der Waals surface area contributed by atoms with Gasteiger partial charge < -0.3 is 29.6 Å². The topological polar surface area (TPSA) is 123 Å². The second kappa shape index (κ2) is 10.5. The Morgan fingerprint density at radius 1 is 1.25 bits per heavy atom. The second-order valence-electron chi connectivity index (χ2n) is 8.86. The van der Waals surface area contributed by atoms with Crippen LogP contribution in [0.4, 0.5) is 8.78 Å². The number of ether oxygens (including phenoxy) is 3. The van der Waals surface area contributed by atoms with Crippen molar-refractivity contribution in [1.82, 2.24) is 15.3 Å². The van der Waals surface area contributed by atoms with Crippen LogP contribution in [0.25, 0.3) is 10.9 Å². The van der Waals surface area contributed by atoms with Gasteiger partial charge in [0.15, 0.2) is 17.4 Å². The van der Waals surface area contributed by atoms with Gasteiger partial charge in [-0.15, -0.1) is 0 Å². The van der Waals surface area contributed by atoms with Crippen LogP contribution in [-0.2, 0) is 16.0 Å². The monoisotopic (exact) mass is 523 g/mol. The van der Waals surface area contributed by atoms with E-state index in [4.69, 9.17) is 25.8 Å². The third kappa shape index (κ3) is 5.81. The maximum absolute atomic E-state index is 14.6. The zero-order chi connectivity index (χ0) is 26.0. The number of aliphatic hydroxyl groups is 1. The fraction of sp³-hybridized carbons (Fsp3) is 0.375. The molecule has 1 fully saturated rings. The molecule has 12 heteroatoms. The van der Waals surface area contributed by atoms with Gasteiger partial charge in [0.2, 0.25) is 0 Å². The van der Waals surface area contributed by atoms with Crippen LogP contribution in [0.15, 0.2) is 35.1 Å². The number of halogens is 3. The molecule has 192 valence electrons. The summed E-state index contributed by atoms with van der Waals surface area (Å²) in [6.45, 7) is 3.34. The van der Waals surface area contributed by atoms with Crippen LogP contribution in [0.3, 0.4) is 0 Å². The number of nitrogens with zero attached hydrogens (tertiary/aromatic N) is 1. The SMILES string of the molecule is CC(C)(O)C1COC(COc2c(F)ccc3nc(C(=O)NCc4ccc(F)c(Cl)c4)[nH]c(=O)c23)CO1. The molecular formula is C24H24ClF2N3O6. The first-order chi connectivity index (χ1) is 17.0. The van der Waals surface area contributed by atoms with Crippen molar-refractivity contribution >= 4 is 28.4 Å². The van der Waals surface area contributed by atoms with E-state index in [-0.39, 0.29) is 53.9 Å². The summed E-state index contributed by atoms with van der Waals surface area (Å²) in [7, 11) is 0. The third-order valence-electron chi connectivity index (χ3n) is 5.60. The van der Waals surface area contributed by atoms with Crippen molar-refractivity contribution in [2.75, 3.05) is 19.8 Å². The number of carbonyl (C=O) groups is 1. The van der Waals surface area contributed by atoms with E-state index < -0.39 is 40.9 Å². The van der Waals surface area contributed by atoms with E-state index in [0.29, 0.717) is 5.56 Å². The summed E-state index contributed by atoms with van der Waals surface area (Å²) in [6, 6.07) is 6.33. The summed E-state index contributed by atoms with van der Waals surface area (Å²) in [4.78, 5) is 31.8. The maximum Gasteiger partial charge on any atom is 0.287 e. The average molecular weight is 524 g/mol. The molecule has 1 aliphatic heterocycles. The van der Waals surface area contributed by atoms with Gasteiger partial charge in [-0.1, -0.05) is 17.7 Å². The molecule has 1 saturated heterocycles. The zero-order valence-corrected chi connectivity index (χ0v) is 20.2. The molecule has 2 atom stereocenters. The van der Waals surface area contributed by atoms with Gasteiger partial charge in [0.1, 0.15) is 30.0 Å². The van der Waals surface area contributed by atoms with E-state index in [2.05, 4.69) is 15.3 Å². The molecule has 4 rings (SSSR count). The molecule has 1 amide bonds. The molecule has 0 radical (unpaired) electrons. The number of nitrogens with one attached hydrogen (secondary N) is 2. The lowest BCUT2D eigenvalue weighted by Gasteiger charge is -2.35. The Labute approximate surface area is 209 Å². The van der Waals surface area contributed by atoms with Gasteiger partial charge in [0.05, 0.1) is 29.4 Å². The molecule has 0 aliphatic carbocycles. The number of hydrogen-bond acceptors (Lipinski definition) is 7. The van der Waals surface area contributed by atoms with Crippen molar-refractivity contribution in [2.24, 2.45) is 0 Å². The molecule has 2 heterocycles. The number of carbonyl (C=O) groups excluding carboxylic acids is 1. The van der Waals surface area contributed by atoms with E-state index in [9.17, 15) is 23.5 Å². The molecule has 9 nitrogen and oxygen atoms in total. The largest absolute Gasteiger partial charge is 0.487 e. The molecule has 2 unspecified atom stereocenters. The van der Waals surface area contributed by atoms with Gasteiger partial charge >= 0.3 is 0 Å². The highest BCUT2D eigenvalue weighted by Crippen LogP contribution is 2.26. The van der Waals surface area contributed by atoms with E-state index in [0.717, 1.165) is 6.07 Å². The number of H-pyrrole nitrogens is 1. The van der Waals surface area contributed by atoms with Gasteiger partial charge in [-0.2, -0.15) is 0 Å². The Balaban J connectivity index is 1.47. The highest BCUT2D eigenvalue weighted by molar-refractivity contribution is 6.30. The minimum atomic E-state index is -1.08. The summed E-state index contributed by atoms with van der Waals surface area (Å²) < 4.78 is 44.7. The lowest BCUT2D eigenvalue weighted by molar-refractivity contribution is -0.194. The van der Waals surface area contributed by atoms with Crippen molar-refractivity contribution in [1.29, 1.82) is 0 Å². The standard InChI is InChI=1S/C24H24ClF2N3O6/c1-24(2,33)18-11-34-13(9-35-18)10-36-20-16(27)5-6-17-19(20)22(31)30-21(29-17)23(32)28-8-12-3-4-15(26)14(25)7-12/h3-7,13,18,33H,8-11H2,1-2H3,(H,28,32)(H,29,30,31). The van der Waals surface area contributed by atoms with Gasteiger partial charge in [0.25, 0.3) is 11.5 Å². The van der Waals surface area contributed by atoms with E-state index in [1.807, 2.05) is 0 Å². The van der Waals surface area contributed by atoms with Crippen LogP contribution in [0.5, 0.6) is 5.75 Å². The first kappa shape index (κ1) is 26.0. The number of hydrogen-bond donors (Lipinski definition) is 3. The smallest absolute Gasteiger partial charge is 0.287 e. The van der Waals surface area contributed by atoms with E-state index in [1.165, 1.54) is 24.3 Å². The first-order valence-electron chi connectivity index (χ1n) is 11.1. The average Bonchev–Trinajstić information content (AvgIpc) is 2.83. The van der Waals surface area contributed by atoms with Gasteiger partial charge in [-0.05, 0) is 43.7 Å². The molecular weight excluding hydrogens is 500 g/mol. The molecule has 0 bridgehead atoms. The van der Waals surface area contributed by atoms with Crippen LogP contribution in [0.1, 0.15) is 30.0 Å². The van der Waals surface area contributed by atoms with Crippen LogP contribution < -0.4 is 15.6 Å². The minimum absolute atomic E-state index is 0.0101. The second-order valence-corrected chi connectivity index (χ2v) is 9.27. The number of amides is 1. The molecule has 3 aromatic rings. The summed E-state index contributed by atoms with van der Waals surface area (Å²) in [5, 5.41) is 12.3. The van der Waals surface area contributed by atoms with Gasteiger partial charge in [-0.3, -0.25) is 9.59 Å². The lowest BCUT2D eigenvalue weighted by atomic mass is 10.0. The third-order valence-corrected chi connectivity index (χ3v) is 5.89. The lowest BCUT2D eigenvalue weighted by Crippen LogP contribution is -2.49. The van der Waals surface area contributed by atoms with Crippen molar-refractivity contribution in [3.63, 3.8) is 0 Å². The Bertz CT molecular complexity index is 1340. The molecule has 36 heavy (non-hydrogen) atoms. The number of aromatic nitrogens is 2. The normalized spacial score (nSPS) is 18.3. The Morgan fingerprint density at radius 2 is 2.00 bits per heavy atom. The summed E-state index contributed by atoms with van der Waals surface area (Å²) in [5.74, 6) is -2.69. The van der Waals surface area contributed by atoms with Crippen LogP contribution in [-0.4, -0.2) is 58.6 Å². The Kier molecular flexibility index (Phi) is 7.55. The van der Waals surface area contributed by atoms with Gasteiger partial charge in [0, 0.05) is 6.54 Å². The number of aromatic amines is 1. The predicted octanol–water partition coefficient (Wildman–Crippen LogP) is 2.72. The van der Waals surface area contributed by atoms with Crippen molar-refractivity contribution in [3.05, 3.63) is 68.7 Å². The Hall–Kier alpha value is -3.12. The molecule has 1 aliphatic rings. The van der Waals surface area contributed by atoms with Crippen LogP contribution in [0.2, 0.25) is 5.02 Å². The zero-order valence-electron chi connectivity index (χ0n) is 19.4. The van der Waals surface area contributed by atoms with Crippen molar-refractivity contribution in [2.45, 2.75) is 38.2 Å². The highest BCUT2D eigenvalue weighted by atomic mass is 35.5.